The number of carboxylic acids is 1. The Balaban J connectivity index is 1.90. The number of amides is 1. The van der Waals surface area contributed by atoms with Crippen molar-refractivity contribution >= 4 is 34.2 Å². The first-order valence-electron chi connectivity index (χ1n) is 8.31. The van der Waals surface area contributed by atoms with Crippen molar-refractivity contribution in [2.75, 3.05) is 11.9 Å². The summed E-state index contributed by atoms with van der Waals surface area (Å²) in [7, 11) is 0. The number of hydrogen-bond donors (Lipinski definition) is 2. The molecular formula is C19H19NO5S. The smallest absolute Gasteiger partial charge is 0.341 e. The highest BCUT2D eigenvalue weighted by Crippen LogP contribution is 2.41. The zero-order chi connectivity index (χ0) is 18.8. The van der Waals surface area contributed by atoms with Crippen LogP contribution in [0.4, 0.5) is 5.00 Å². The fraction of sp³-hybridized carbons (Fsp3) is 0.316. The lowest BCUT2D eigenvalue weighted by Crippen LogP contribution is -2.18. The molecule has 0 radical (unpaired) electrons. The van der Waals surface area contributed by atoms with E-state index in [2.05, 4.69) is 5.32 Å². The second-order valence-corrected chi connectivity index (χ2v) is 7.10. The van der Waals surface area contributed by atoms with E-state index in [9.17, 15) is 14.4 Å². The Morgan fingerprint density at radius 1 is 1.23 bits per heavy atom. The van der Waals surface area contributed by atoms with Crippen LogP contribution in [0.25, 0.3) is 11.1 Å². The van der Waals surface area contributed by atoms with Crippen molar-refractivity contribution in [1.29, 1.82) is 0 Å². The molecule has 136 valence electrons. The lowest BCUT2D eigenvalue weighted by atomic mass is 10.0. The number of carbonyl (C=O) groups excluding carboxylic acids is 2. The first-order valence-corrected chi connectivity index (χ1v) is 9.19. The van der Waals surface area contributed by atoms with Crippen molar-refractivity contribution in [2.24, 2.45) is 11.8 Å². The van der Waals surface area contributed by atoms with Gasteiger partial charge in [-0.3, -0.25) is 9.59 Å². The molecule has 1 fully saturated rings. The van der Waals surface area contributed by atoms with Crippen molar-refractivity contribution < 1.29 is 24.2 Å². The molecule has 1 aromatic heterocycles. The largest absolute Gasteiger partial charge is 0.481 e. The predicted octanol–water partition coefficient (Wildman–Crippen LogP) is 3.56. The van der Waals surface area contributed by atoms with Gasteiger partial charge in [-0.1, -0.05) is 29.8 Å². The number of hydrogen-bond acceptors (Lipinski definition) is 5. The predicted molar refractivity (Wildman–Crippen MR) is 98.3 cm³/mol. The van der Waals surface area contributed by atoms with E-state index in [1.165, 1.54) is 11.3 Å². The lowest BCUT2D eigenvalue weighted by Gasteiger charge is -2.09. The highest BCUT2D eigenvalue weighted by Gasteiger charge is 2.48. The van der Waals surface area contributed by atoms with Crippen LogP contribution in [0.5, 0.6) is 0 Å². The van der Waals surface area contributed by atoms with E-state index in [-0.39, 0.29) is 12.5 Å². The van der Waals surface area contributed by atoms with Gasteiger partial charge >= 0.3 is 11.9 Å². The number of rotatable bonds is 6. The van der Waals surface area contributed by atoms with Crippen LogP contribution < -0.4 is 5.32 Å². The van der Waals surface area contributed by atoms with Crippen LogP contribution in [-0.4, -0.2) is 29.6 Å². The quantitative estimate of drug-likeness (QED) is 0.755. The summed E-state index contributed by atoms with van der Waals surface area (Å²) in [5.41, 5.74) is 2.95. The molecule has 2 aromatic rings. The van der Waals surface area contributed by atoms with Gasteiger partial charge in [0.25, 0.3) is 0 Å². The molecule has 6 nitrogen and oxygen atoms in total. The second-order valence-electron chi connectivity index (χ2n) is 6.22. The van der Waals surface area contributed by atoms with Crippen molar-refractivity contribution in [1.82, 2.24) is 0 Å². The van der Waals surface area contributed by atoms with E-state index in [0.29, 0.717) is 22.5 Å². The SMILES string of the molecule is CCOC(=O)c1c(-c2ccc(C)cc2)csc1NC(=O)C1CC1C(=O)O. The number of aliphatic carboxylic acids is 1. The van der Waals surface area contributed by atoms with Crippen molar-refractivity contribution in [3.05, 3.63) is 40.8 Å². The molecule has 1 saturated carbocycles. The fourth-order valence-corrected chi connectivity index (χ4v) is 3.72. The third-order valence-electron chi connectivity index (χ3n) is 4.31. The standard InChI is InChI=1S/C19H19NO5S/c1-3-25-19(24)15-14(11-6-4-10(2)5-7-11)9-26-17(15)20-16(21)12-8-13(12)18(22)23/h4-7,9,12-13H,3,8H2,1-2H3,(H,20,21)(H,22,23). The van der Waals surface area contributed by atoms with Gasteiger partial charge in [0, 0.05) is 10.9 Å². The summed E-state index contributed by atoms with van der Waals surface area (Å²) in [5.74, 6) is -3.04. The molecule has 1 heterocycles. The maximum absolute atomic E-state index is 12.5. The van der Waals surface area contributed by atoms with Crippen LogP contribution in [0.2, 0.25) is 0 Å². The summed E-state index contributed by atoms with van der Waals surface area (Å²) in [4.78, 5) is 35.7. The van der Waals surface area contributed by atoms with E-state index >= 15 is 0 Å². The summed E-state index contributed by atoms with van der Waals surface area (Å²) in [6.07, 6.45) is 0.325. The Morgan fingerprint density at radius 2 is 1.92 bits per heavy atom. The van der Waals surface area contributed by atoms with Crippen LogP contribution in [-0.2, 0) is 14.3 Å². The molecule has 2 unspecified atom stereocenters. The Bertz CT molecular complexity index is 855. The second kappa shape index (κ2) is 7.29. The van der Waals surface area contributed by atoms with Gasteiger partial charge in [-0.05, 0) is 25.8 Å². The van der Waals surface area contributed by atoms with Gasteiger partial charge in [-0.15, -0.1) is 11.3 Å². The molecule has 0 aliphatic heterocycles. The van der Waals surface area contributed by atoms with Gasteiger partial charge in [0.15, 0.2) is 0 Å². The molecule has 2 N–H and O–H groups in total. The van der Waals surface area contributed by atoms with Crippen molar-refractivity contribution in [3.8, 4) is 11.1 Å². The Hall–Kier alpha value is -2.67. The average molecular weight is 373 g/mol. The molecule has 0 saturated heterocycles. The van der Waals surface area contributed by atoms with Crippen LogP contribution in [0.3, 0.4) is 0 Å². The number of anilines is 1. The molecule has 7 heteroatoms. The zero-order valence-corrected chi connectivity index (χ0v) is 15.3. The Kier molecular flexibility index (Phi) is 5.08. The summed E-state index contributed by atoms with van der Waals surface area (Å²) in [6, 6.07) is 7.71. The average Bonchev–Trinajstić information content (AvgIpc) is 3.31. The van der Waals surface area contributed by atoms with Gasteiger partial charge in [0.2, 0.25) is 5.91 Å². The maximum atomic E-state index is 12.5. The number of ether oxygens (including phenoxy) is 1. The normalized spacial score (nSPS) is 18.2. The minimum absolute atomic E-state index is 0.221. The minimum atomic E-state index is -0.970. The third kappa shape index (κ3) is 3.62. The molecule has 1 aliphatic rings. The number of benzene rings is 1. The summed E-state index contributed by atoms with van der Waals surface area (Å²) < 4.78 is 5.15. The Labute approximate surface area is 154 Å². The summed E-state index contributed by atoms with van der Waals surface area (Å²) >= 11 is 1.23. The van der Waals surface area contributed by atoms with Gasteiger partial charge in [0.05, 0.1) is 18.4 Å². The number of thiophene rings is 1. The number of carboxylic acid groups (broad SMARTS) is 1. The third-order valence-corrected chi connectivity index (χ3v) is 5.21. The van der Waals surface area contributed by atoms with E-state index in [1.54, 1.807) is 12.3 Å². The number of esters is 1. The van der Waals surface area contributed by atoms with Crippen LogP contribution in [0, 0.1) is 18.8 Å². The molecule has 2 atom stereocenters. The minimum Gasteiger partial charge on any atom is -0.481 e. The molecule has 26 heavy (non-hydrogen) atoms. The molecule has 1 aliphatic carbocycles. The van der Waals surface area contributed by atoms with Crippen LogP contribution >= 0.6 is 11.3 Å². The Morgan fingerprint density at radius 3 is 2.50 bits per heavy atom. The fourth-order valence-electron chi connectivity index (χ4n) is 2.76. The molecule has 0 spiro atoms. The number of nitrogens with one attached hydrogen (secondary N) is 1. The van der Waals surface area contributed by atoms with Crippen molar-refractivity contribution in [3.63, 3.8) is 0 Å². The van der Waals surface area contributed by atoms with E-state index in [0.717, 1.165) is 11.1 Å². The van der Waals surface area contributed by atoms with Gasteiger partial charge in [0.1, 0.15) is 10.6 Å². The lowest BCUT2D eigenvalue weighted by molar-refractivity contribution is -0.139. The highest BCUT2D eigenvalue weighted by atomic mass is 32.1. The van der Waals surface area contributed by atoms with Crippen LogP contribution in [0.15, 0.2) is 29.6 Å². The molecule has 1 amide bonds. The molecule has 0 bridgehead atoms. The maximum Gasteiger partial charge on any atom is 0.341 e. The zero-order valence-electron chi connectivity index (χ0n) is 14.4. The van der Waals surface area contributed by atoms with Gasteiger partial charge in [-0.2, -0.15) is 0 Å². The topological polar surface area (TPSA) is 92.7 Å². The highest BCUT2D eigenvalue weighted by molar-refractivity contribution is 7.15. The van der Waals surface area contributed by atoms with E-state index in [4.69, 9.17) is 9.84 Å². The monoisotopic (exact) mass is 373 g/mol. The molecule has 1 aromatic carbocycles. The number of aryl methyl sites for hydroxylation is 1. The molecule has 3 rings (SSSR count). The van der Waals surface area contributed by atoms with Crippen molar-refractivity contribution in [2.45, 2.75) is 20.3 Å². The summed E-state index contributed by atoms with van der Waals surface area (Å²) in [5, 5.41) is 13.9. The van der Waals surface area contributed by atoms with E-state index in [1.807, 2.05) is 31.2 Å². The summed E-state index contributed by atoms with van der Waals surface area (Å²) in [6.45, 7) is 3.92. The number of carbonyl (C=O) groups is 3. The van der Waals surface area contributed by atoms with Gasteiger partial charge < -0.3 is 15.2 Å². The van der Waals surface area contributed by atoms with Gasteiger partial charge in [-0.25, -0.2) is 4.79 Å². The molecular weight excluding hydrogens is 354 g/mol. The van der Waals surface area contributed by atoms with Crippen LogP contribution in [0.1, 0.15) is 29.3 Å². The van der Waals surface area contributed by atoms with E-state index < -0.39 is 23.8 Å². The first-order chi connectivity index (χ1) is 12.4. The first kappa shape index (κ1) is 18.1.